The van der Waals surface area contributed by atoms with Crippen molar-refractivity contribution in [2.45, 2.75) is 20.8 Å². The summed E-state index contributed by atoms with van der Waals surface area (Å²) in [6.07, 6.45) is 0. The fourth-order valence-corrected chi connectivity index (χ4v) is 2.72. The fourth-order valence-electron chi connectivity index (χ4n) is 1.93. The van der Waals surface area contributed by atoms with Crippen molar-refractivity contribution in [2.24, 2.45) is 0 Å². The number of rotatable bonds is 5. The van der Waals surface area contributed by atoms with Crippen LogP contribution in [0.1, 0.15) is 25.7 Å². The van der Waals surface area contributed by atoms with E-state index in [1.54, 1.807) is 26.0 Å². The Kier molecular flexibility index (Phi) is 4.37. The Morgan fingerprint density at radius 1 is 1.24 bits per heavy atom. The Morgan fingerprint density at radius 2 is 1.95 bits per heavy atom. The van der Waals surface area contributed by atoms with Crippen molar-refractivity contribution in [3.63, 3.8) is 0 Å². The van der Waals surface area contributed by atoms with E-state index in [1.807, 2.05) is 13.0 Å². The van der Waals surface area contributed by atoms with Gasteiger partial charge in [0.25, 0.3) is 5.69 Å². The zero-order chi connectivity index (χ0) is 15.6. The quantitative estimate of drug-likeness (QED) is 0.478. The Bertz CT molecular complexity index is 706. The van der Waals surface area contributed by atoms with Crippen molar-refractivity contribution in [2.75, 3.05) is 6.61 Å². The average molecular weight is 305 g/mol. The van der Waals surface area contributed by atoms with Gasteiger partial charge in [0.15, 0.2) is 6.61 Å². The lowest BCUT2D eigenvalue weighted by molar-refractivity contribution is -0.385. The zero-order valence-electron chi connectivity index (χ0n) is 12.0. The summed E-state index contributed by atoms with van der Waals surface area (Å²) in [5.74, 6) is 0.406. The summed E-state index contributed by atoms with van der Waals surface area (Å²) < 4.78 is 5.51. The molecule has 0 amide bonds. The second kappa shape index (κ2) is 6.05. The monoisotopic (exact) mass is 305 g/mol. The molecule has 6 heteroatoms. The van der Waals surface area contributed by atoms with Crippen LogP contribution in [0, 0.1) is 30.9 Å². The first-order chi connectivity index (χ1) is 9.88. The molecule has 5 nitrogen and oxygen atoms in total. The number of thiophene rings is 1. The van der Waals surface area contributed by atoms with Crippen LogP contribution in [0.4, 0.5) is 5.69 Å². The molecule has 0 radical (unpaired) electrons. The second-order valence-electron chi connectivity index (χ2n) is 4.78. The average Bonchev–Trinajstić information content (AvgIpc) is 2.85. The highest BCUT2D eigenvalue weighted by Gasteiger charge is 2.15. The number of benzene rings is 1. The maximum absolute atomic E-state index is 12.0. The van der Waals surface area contributed by atoms with E-state index in [1.165, 1.54) is 17.4 Å². The number of nitro benzene ring substituents is 1. The lowest BCUT2D eigenvalue weighted by Crippen LogP contribution is -2.11. The van der Waals surface area contributed by atoms with E-state index in [0.29, 0.717) is 21.8 Å². The van der Waals surface area contributed by atoms with Gasteiger partial charge in [-0.2, -0.15) is 0 Å². The zero-order valence-corrected chi connectivity index (χ0v) is 12.8. The van der Waals surface area contributed by atoms with Crippen molar-refractivity contribution in [3.8, 4) is 5.75 Å². The maximum atomic E-state index is 12.0. The Balaban J connectivity index is 2.12. The topological polar surface area (TPSA) is 69.4 Å². The molecule has 0 aliphatic carbocycles. The van der Waals surface area contributed by atoms with Crippen LogP contribution in [-0.2, 0) is 0 Å². The van der Waals surface area contributed by atoms with Gasteiger partial charge >= 0.3 is 0 Å². The van der Waals surface area contributed by atoms with Crippen molar-refractivity contribution in [1.82, 2.24) is 0 Å². The van der Waals surface area contributed by atoms with Gasteiger partial charge in [-0.1, -0.05) is 0 Å². The number of nitro groups is 1. The van der Waals surface area contributed by atoms with Crippen LogP contribution in [0.5, 0.6) is 5.75 Å². The van der Waals surface area contributed by atoms with Gasteiger partial charge in [0, 0.05) is 16.5 Å². The number of carbonyl (C=O) groups excluding carboxylic acids is 1. The van der Waals surface area contributed by atoms with Crippen LogP contribution >= 0.6 is 11.3 Å². The van der Waals surface area contributed by atoms with E-state index in [4.69, 9.17) is 4.74 Å². The van der Waals surface area contributed by atoms with Crippen LogP contribution < -0.4 is 4.74 Å². The van der Waals surface area contributed by atoms with E-state index in [9.17, 15) is 14.9 Å². The molecular weight excluding hydrogens is 290 g/mol. The molecule has 0 unspecified atom stereocenters. The van der Waals surface area contributed by atoms with E-state index < -0.39 is 4.92 Å². The van der Waals surface area contributed by atoms with E-state index in [2.05, 4.69) is 0 Å². The second-order valence-corrected chi connectivity index (χ2v) is 6.07. The molecule has 0 spiro atoms. The normalized spacial score (nSPS) is 10.4. The lowest BCUT2D eigenvalue weighted by Gasteiger charge is -2.09. The molecule has 21 heavy (non-hydrogen) atoms. The van der Waals surface area contributed by atoms with E-state index >= 15 is 0 Å². The van der Waals surface area contributed by atoms with Crippen molar-refractivity contribution in [1.29, 1.82) is 0 Å². The molecule has 0 saturated heterocycles. The standard InChI is InChI=1S/C15H15NO4S/c1-9-7-14(10(2)6-12(9)16(18)19)20-8-13(17)15-5-4-11(3)21-15/h4-7H,8H2,1-3H3. The fraction of sp³-hybridized carbons (Fsp3) is 0.267. The molecule has 1 aromatic heterocycles. The number of carbonyl (C=O) groups is 1. The summed E-state index contributed by atoms with van der Waals surface area (Å²) in [5, 5.41) is 10.9. The number of nitrogens with zero attached hydrogens (tertiary/aromatic N) is 1. The molecule has 0 fully saturated rings. The predicted molar refractivity (Wildman–Crippen MR) is 81.5 cm³/mol. The molecule has 0 saturated carbocycles. The third-order valence-corrected chi connectivity index (χ3v) is 4.11. The summed E-state index contributed by atoms with van der Waals surface area (Å²) in [4.78, 5) is 24.1. The third kappa shape index (κ3) is 3.46. The first kappa shape index (κ1) is 15.2. The molecular formula is C15H15NO4S. The highest BCUT2D eigenvalue weighted by atomic mass is 32.1. The smallest absolute Gasteiger partial charge is 0.272 e. The maximum Gasteiger partial charge on any atom is 0.272 e. The van der Waals surface area contributed by atoms with Gasteiger partial charge in [0.1, 0.15) is 5.75 Å². The van der Waals surface area contributed by atoms with Gasteiger partial charge in [0.05, 0.1) is 9.80 Å². The summed E-state index contributed by atoms with van der Waals surface area (Å²) in [7, 11) is 0. The molecule has 1 heterocycles. The van der Waals surface area contributed by atoms with Crippen LogP contribution in [0.3, 0.4) is 0 Å². The van der Waals surface area contributed by atoms with E-state index in [0.717, 1.165) is 4.88 Å². The highest BCUT2D eigenvalue weighted by Crippen LogP contribution is 2.28. The van der Waals surface area contributed by atoms with Gasteiger partial charge in [-0.05, 0) is 44.5 Å². The number of aryl methyl sites for hydroxylation is 3. The SMILES string of the molecule is Cc1ccc(C(=O)COc2cc(C)c([N+](=O)[O-])cc2C)s1. The molecule has 0 atom stereocenters. The van der Waals surface area contributed by atoms with E-state index in [-0.39, 0.29) is 18.1 Å². The Labute approximate surface area is 126 Å². The highest BCUT2D eigenvalue weighted by molar-refractivity contribution is 7.14. The van der Waals surface area contributed by atoms with Gasteiger partial charge in [-0.15, -0.1) is 11.3 Å². The molecule has 0 bridgehead atoms. The number of ether oxygens (including phenoxy) is 1. The minimum absolute atomic E-state index is 0.0556. The summed E-state index contributed by atoms with van der Waals surface area (Å²) in [5.41, 5.74) is 1.21. The molecule has 1 aromatic carbocycles. The molecule has 2 aromatic rings. The Hall–Kier alpha value is -2.21. The van der Waals surface area contributed by atoms with Gasteiger partial charge in [-0.25, -0.2) is 0 Å². The van der Waals surface area contributed by atoms with Crippen LogP contribution in [0.2, 0.25) is 0 Å². The van der Waals surface area contributed by atoms with Crippen LogP contribution in [0.15, 0.2) is 24.3 Å². The summed E-state index contributed by atoms with van der Waals surface area (Å²) in [6, 6.07) is 6.73. The summed E-state index contributed by atoms with van der Waals surface area (Å²) in [6.45, 7) is 5.24. The van der Waals surface area contributed by atoms with Crippen LogP contribution in [-0.4, -0.2) is 17.3 Å². The minimum atomic E-state index is -0.425. The van der Waals surface area contributed by atoms with Crippen molar-refractivity contribution in [3.05, 3.63) is 55.3 Å². The van der Waals surface area contributed by atoms with Crippen molar-refractivity contribution < 1.29 is 14.5 Å². The number of Topliss-reactive ketones (excluding diaryl/α,β-unsaturated/α-hetero) is 1. The third-order valence-electron chi connectivity index (χ3n) is 3.06. The summed E-state index contributed by atoms with van der Waals surface area (Å²) >= 11 is 1.43. The van der Waals surface area contributed by atoms with Gasteiger partial charge in [-0.3, -0.25) is 14.9 Å². The number of hydrogen-bond acceptors (Lipinski definition) is 5. The molecule has 0 aliphatic rings. The minimum Gasteiger partial charge on any atom is -0.485 e. The first-order valence-corrected chi connectivity index (χ1v) is 7.18. The largest absolute Gasteiger partial charge is 0.485 e. The van der Waals surface area contributed by atoms with Crippen molar-refractivity contribution >= 4 is 22.8 Å². The molecule has 0 aliphatic heterocycles. The molecule has 2 rings (SSSR count). The molecule has 0 N–H and O–H groups in total. The number of hydrogen-bond donors (Lipinski definition) is 0. The van der Waals surface area contributed by atoms with Crippen LogP contribution in [0.25, 0.3) is 0 Å². The predicted octanol–water partition coefficient (Wildman–Crippen LogP) is 3.84. The van der Waals surface area contributed by atoms with Gasteiger partial charge in [0.2, 0.25) is 5.78 Å². The number of ketones is 1. The van der Waals surface area contributed by atoms with Gasteiger partial charge < -0.3 is 4.74 Å². The first-order valence-electron chi connectivity index (χ1n) is 6.36. The Morgan fingerprint density at radius 3 is 2.52 bits per heavy atom. The lowest BCUT2D eigenvalue weighted by atomic mass is 10.1. The molecule has 110 valence electrons.